The molecule has 1 aliphatic rings. The maximum Gasteiger partial charge on any atom is 0.303 e. The highest BCUT2D eigenvalue weighted by Crippen LogP contribution is 2.26. The molecule has 0 aromatic rings. The lowest BCUT2D eigenvalue weighted by atomic mass is 10.1. The molecule has 1 saturated heterocycles. The van der Waals surface area contributed by atoms with Crippen LogP contribution in [0.5, 0.6) is 0 Å². The number of ether oxygens (including phenoxy) is 2. The molecule has 0 radical (unpaired) electrons. The Morgan fingerprint density at radius 1 is 1.33 bits per heavy atom. The molecule has 1 fully saturated rings. The van der Waals surface area contributed by atoms with Crippen molar-refractivity contribution in [2.45, 2.75) is 38.5 Å². The summed E-state index contributed by atoms with van der Waals surface area (Å²) >= 11 is 0. The van der Waals surface area contributed by atoms with E-state index >= 15 is 0 Å². The van der Waals surface area contributed by atoms with Crippen LogP contribution >= 0.6 is 0 Å². The van der Waals surface area contributed by atoms with Gasteiger partial charge in [-0.1, -0.05) is 6.08 Å². The Labute approximate surface area is 106 Å². The van der Waals surface area contributed by atoms with Crippen molar-refractivity contribution in [1.29, 1.82) is 0 Å². The van der Waals surface area contributed by atoms with Gasteiger partial charge in [0.1, 0.15) is 0 Å². The van der Waals surface area contributed by atoms with E-state index in [1.54, 1.807) is 13.1 Å². The largest absolute Gasteiger partial charge is 0.456 e. The van der Waals surface area contributed by atoms with E-state index in [1.165, 1.54) is 18.7 Å². The number of amides is 1. The SMILES string of the molecule is C=CC[C@@H]1[C@H](OC(C)=O)[C@@H](OC(C)=O)C(=O)N1C. The molecule has 6 heteroatoms. The van der Waals surface area contributed by atoms with Crippen molar-refractivity contribution in [1.82, 2.24) is 4.90 Å². The molecule has 0 unspecified atom stereocenters. The van der Waals surface area contributed by atoms with Gasteiger partial charge in [0.2, 0.25) is 6.10 Å². The van der Waals surface area contributed by atoms with Crippen LogP contribution in [0.1, 0.15) is 20.3 Å². The van der Waals surface area contributed by atoms with Crippen molar-refractivity contribution < 1.29 is 23.9 Å². The summed E-state index contributed by atoms with van der Waals surface area (Å²) in [7, 11) is 1.58. The number of carbonyl (C=O) groups is 3. The Morgan fingerprint density at radius 3 is 2.33 bits per heavy atom. The number of rotatable bonds is 4. The lowest BCUT2D eigenvalue weighted by Crippen LogP contribution is -2.38. The lowest BCUT2D eigenvalue weighted by Gasteiger charge is -2.23. The first kappa shape index (κ1) is 14.2. The van der Waals surface area contributed by atoms with Crippen LogP contribution in [0.3, 0.4) is 0 Å². The third kappa shape index (κ3) is 2.88. The van der Waals surface area contributed by atoms with Gasteiger partial charge in [0.25, 0.3) is 5.91 Å². The van der Waals surface area contributed by atoms with E-state index in [1.807, 2.05) is 0 Å². The normalized spacial score (nSPS) is 26.9. The Morgan fingerprint density at radius 2 is 1.89 bits per heavy atom. The molecule has 0 bridgehead atoms. The van der Waals surface area contributed by atoms with Gasteiger partial charge in [0.05, 0.1) is 6.04 Å². The number of hydrogen-bond donors (Lipinski definition) is 0. The minimum Gasteiger partial charge on any atom is -0.456 e. The van der Waals surface area contributed by atoms with E-state index in [-0.39, 0.29) is 11.9 Å². The van der Waals surface area contributed by atoms with E-state index in [4.69, 9.17) is 9.47 Å². The Balaban J connectivity index is 2.97. The van der Waals surface area contributed by atoms with Gasteiger partial charge in [-0.2, -0.15) is 0 Å². The van der Waals surface area contributed by atoms with Gasteiger partial charge in [0.15, 0.2) is 6.10 Å². The molecular weight excluding hydrogens is 238 g/mol. The van der Waals surface area contributed by atoms with Crippen molar-refractivity contribution in [2.24, 2.45) is 0 Å². The molecule has 0 aliphatic carbocycles. The zero-order chi connectivity index (χ0) is 13.9. The Kier molecular flexibility index (Phi) is 4.47. The molecule has 18 heavy (non-hydrogen) atoms. The van der Waals surface area contributed by atoms with Gasteiger partial charge in [-0.05, 0) is 6.42 Å². The first-order valence-electron chi connectivity index (χ1n) is 5.60. The van der Waals surface area contributed by atoms with Crippen molar-refractivity contribution in [2.75, 3.05) is 7.05 Å². The second-order valence-corrected chi connectivity index (χ2v) is 4.14. The van der Waals surface area contributed by atoms with Crippen LogP contribution in [0.2, 0.25) is 0 Å². The van der Waals surface area contributed by atoms with Crippen LogP contribution in [0, 0.1) is 0 Å². The summed E-state index contributed by atoms with van der Waals surface area (Å²) in [6.45, 7) is 6.05. The number of nitrogens with zero attached hydrogens (tertiary/aromatic N) is 1. The predicted molar refractivity (Wildman–Crippen MR) is 62.5 cm³/mol. The Hall–Kier alpha value is -1.85. The Bertz CT molecular complexity index is 379. The number of likely N-dealkylation sites (N-methyl/N-ethyl adjacent to an activating group) is 1. The molecule has 1 aliphatic heterocycles. The fourth-order valence-electron chi connectivity index (χ4n) is 2.02. The highest BCUT2D eigenvalue weighted by molar-refractivity contribution is 5.87. The molecule has 3 atom stereocenters. The van der Waals surface area contributed by atoms with E-state index < -0.39 is 24.1 Å². The molecule has 1 heterocycles. The standard InChI is InChI=1S/C12H17NO5/c1-5-6-9-10(17-7(2)14)11(18-8(3)15)12(16)13(9)4/h5,9-11H,1,6H2,2-4H3/t9-,10+,11-/m1/s1. The fraction of sp³-hybridized carbons (Fsp3) is 0.583. The average Bonchev–Trinajstić information content (AvgIpc) is 2.45. The molecule has 0 saturated carbocycles. The number of carbonyl (C=O) groups excluding carboxylic acids is 3. The predicted octanol–water partition coefficient (Wildman–Crippen LogP) is 0.266. The van der Waals surface area contributed by atoms with E-state index in [9.17, 15) is 14.4 Å². The fourth-order valence-corrected chi connectivity index (χ4v) is 2.02. The number of likely N-dealkylation sites (tertiary alicyclic amines) is 1. The van der Waals surface area contributed by atoms with Crippen LogP contribution in [-0.4, -0.2) is 48.0 Å². The highest BCUT2D eigenvalue weighted by atomic mass is 16.6. The zero-order valence-corrected chi connectivity index (χ0v) is 10.7. The van der Waals surface area contributed by atoms with Crippen molar-refractivity contribution in [3.05, 3.63) is 12.7 Å². The first-order valence-corrected chi connectivity index (χ1v) is 5.60. The molecule has 0 aromatic carbocycles. The summed E-state index contributed by atoms with van der Waals surface area (Å²) < 4.78 is 10.0. The van der Waals surface area contributed by atoms with Gasteiger partial charge >= 0.3 is 11.9 Å². The summed E-state index contributed by atoms with van der Waals surface area (Å²) in [5, 5.41) is 0. The minimum absolute atomic E-state index is 0.358. The average molecular weight is 255 g/mol. The zero-order valence-electron chi connectivity index (χ0n) is 10.7. The third-order valence-electron chi connectivity index (χ3n) is 2.77. The van der Waals surface area contributed by atoms with Gasteiger partial charge in [-0.15, -0.1) is 6.58 Å². The van der Waals surface area contributed by atoms with Crippen molar-refractivity contribution in [3.63, 3.8) is 0 Å². The van der Waals surface area contributed by atoms with Crippen LogP contribution in [-0.2, 0) is 23.9 Å². The van der Waals surface area contributed by atoms with Crippen molar-refractivity contribution >= 4 is 17.8 Å². The maximum atomic E-state index is 11.9. The van der Waals surface area contributed by atoms with E-state index in [0.717, 1.165) is 0 Å². The molecule has 1 amide bonds. The maximum absolute atomic E-state index is 11.9. The summed E-state index contributed by atoms with van der Waals surface area (Å²) in [6.07, 6.45) is 0.224. The van der Waals surface area contributed by atoms with Crippen LogP contribution in [0.4, 0.5) is 0 Å². The molecule has 0 N–H and O–H groups in total. The summed E-state index contributed by atoms with van der Waals surface area (Å²) in [5.41, 5.74) is 0. The van der Waals surface area contributed by atoms with Crippen LogP contribution in [0.25, 0.3) is 0 Å². The second kappa shape index (κ2) is 5.66. The number of hydrogen-bond acceptors (Lipinski definition) is 5. The van der Waals surface area contributed by atoms with Gasteiger partial charge in [0, 0.05) is 20.9 Å². The van der Waals surface area contributed by atoms with E-state index in [2.05, 4.69) is 6.58 Å². The molecule has 0 spiro atoms. The summed E-state index contributed by atoms with van der Waals surface area (Å²) in [4.78, 5) is 35.4. The molecule has 0 aromatic heterocycles. The number of esters is 2. The first-order chi connectivity index (χ1) is 8.38. The van der Waals surface area contributed by atoms with Crippen LogP contribution in [0.15, 0.2) is 12.7 Å². The molecular formula is C12H17NO5. The minimum atomic E-state index is -1.07. The summed E-state index contributed by atoms with van der Waals surface area (Å²) in [5.74, 6) is -1.48. The quantitative estimate of drug-likeness (QED) is 0.532. The summed E-state index contributed by atoms with van der Waals surface area (Å²) in [6, 6.07) is -0.358. The van der Waals surface area contributed by atoms with Crippen molar-refractivity contribution in [3.8, 4) is 0 Å². The van der Waals surface area contributed by atoms with Gasteiger partial charge < -0.3 is 14.4 Å². The second-order valence-electron chi connectivity index (χ2n) is 4.14. The van der Waals surface area contributed by atoms with Gasteiger partial charge in [-0.3, -0.25) is 14.4 Å². The topological polar surface area (TPSA) is 72.9 Å². The van der Waals surface area contributed by atoms with E-state index in [0.29, 0.717) is 6.42 Å². The molecule has 100 valence electrons. The van der Waals surface area contributed by atoms with Gasteiger partial charge in [-0.25, -0.2) is 0 Å². The monoisotopic (exact) mass is 255 g/mol. The molecule has 1 rings (SSSR count). The van der Waals surface area contributed by atoms with Crippen LogP contribution < -0.4 is 0 Å². The smallest absolute Gasteiger partial charge is 0.303 e. The third-order valence-corrected chi connectivity index (χ3v) is 2.77. The molecule has 6 nitrogen and oxygen atoms in total. The highest BCUT2D eigenvalue weighted by Gasteiger charge is 2.50. The lowest BCUT2D eigenvalue weighted by molar-refractivity contribution is -0.165.